The summed E-state index contributed by atoms with van der Waals surface area (Å²) >= 11 is 0. The molecule has 104 valence electrons. The van der Waals surface area contributed by atoms with E-state index in [1.54, 1.807) is 18.2 Å². The lowest BCUT2D eigenvalue weighted by atomic mass is 10.1. The lowest BCUT2D eigenvalue weighted by Crippen LogP contribution is -2.29. The van der Waals surface area contributed by atoms with Gasteiger partial charge in [0, 0.05) is 0 Å². The van der Waals surface area contributed by atoms with Gasteiger partial charge in [0.15, 0.2) is 0 Å². The molecule has 0 aliphatic heterocycles. The SMILES string of the molecule is NNc1ccccc1C(=O)NCCOc1ccccc1. The van der Waals surface area contributed by atoms with Crippen molar-refractivity contribution in [2.24, 2.45) is 5.84 Å². The second-order valence-electron chi connectivity index (χ2n) is 4.11. The van der Waals surface area contributed by atoms with Gasteiger partial charge in [0.05, 0.1) is 17.8 Å². The first-order valence-electron chi connectivity index (χ1n) is 6.33. The maximum Gasteiger partial charge on any atom is 0.253 e. The van der Waals surface area contributed by atoms with Gasteiger partial charge in [0.2, 0.25) is 0 Å². The van der Waals surface area contributed by atoms with Crippen LogP contribution in [0.25, 0.3) is 0 Å². The van der Waals surface area contributed by atoms with Crippen LogP contribution in [0.1, 0.15) is 10.4 Å². The highest BCUT2D eigenvalue weighted by molar-refractivity contribution is 5.99. The van der Waals surface area contributed by atoms with Crippen LogP contribution in [0.4, 0.5) is 5.69 Å². The average Bonchev–Trinajstić information content (AvgIpc) is 2.52. The Labute approximate surface area is 117 Å². The third-order valence-electron chi connectivity index (χ3n) is 2.73. The highest BCUT2D eigenvalue weighted by Crippen LogP contribution is 2.13. The zero-order chi connectivity index (χ0) is 14.2. The minimum Gasteiger partial charge on any atom is -0.492 e. The highest BCUT2D eigenvalue weighted by Gasteiger charge is 2.09. The monoisotopic (exact) mass is 271 g/mol. The standard InChI is InChI=1S/C15H17N3O2/c16-18-14-9-5-4-8-13(14)15(19)17-10-11-20-12-6-2-1-3-7-12/h1-9,18H,10-11,16H2,(H,17,19). The molecule has 0 radical (unpaired) electrons. The average molecular weight is 271 g/mol. The summed E-state index contributed by atoms with van der Waals surface area (Å²) in [7, 11) is 0. The Kier molecular flexibility index (Phi) is 4.97. The topological polar surface area (TPSA) is 76.4 Å². The number of nitrogen functional groups attached to an aromatic ring is 1. The minimum atomic E-state index is -0.185. The van der Waals surface area contributed by atoms with E-state index in [-0.39, 0.29) is 5.91 Å². The van der Waals surface area contributed by atoms with E-state index in [4.69, 9.17) is 10.6 Å². The van der Waals surface area contributed by atoms with Crippen molar-refractivity contribution in [2.75, 3.05) is 18.6 Å². The van der Waals surface area contributed by atoms with Crippen LogP contribution in [0.5, 0.6) is 5.75 Å². The Morgan fingerprint density at radius 2 is 1.75 bits per heavy atom. The maximum absolute atomic E-state index is 12.0. The van der Waals surface area contributed by atoms with Crippen molar-refractivity contribution in [2.45, 2.75) is 0 Å². The van der Waals surface area contributed by atoms with Crippen molar-refractivity contribution in [1.82, 2.24) is 5.32 Å². The number of hydrazine groups is 1. The van der Waals surface area contributed by atoms with E-state index in [9.17, 15) is 4.79 Å². The van der Waals surface area contributed by atoms with Crippen molar-refractivity contribution in [3.63, 3.8) is 0 Å². The number of nitrogens with two attached hydrogens (primary N) is 1. The molecular weight excluding hydrogens is 254 g/mol. The fourth-order valence-electron chi connectivity index (χ4n) is 1.75. The molecule has 5 nitrogen and oxygen atoms in total. The first-order chi connectivity index (χ1) is 9.81. The van der Waals surface area contributed by atoms with Gasteiger partial charge >= 0.3 is 0 Å². The summed E-state index contributed by atoms with van der Waals surface area (Å²) in [6.07, 6.45) is 0. The second kappa shape index (κ2) is 7.16. The molecule has 0 aliphatic rings. The van der Waals surface area contributed by atoms with Crippen molar-refractivity contribution in [3.05, 3.63) is 60.2 Å². The molecule has 4 N–H and O–H groups in total. The van der Waals surface area contributed by atoms with Gasteiger partial charge in [-0.1, -0.05) is 30.3 Å². The minimum absolute atomic E-state index is 0.185. The van der Waals surface area contributed by atoms with Gasteiger partial charge in [-0.05, 0) is 24.3 Å². The molecular formula is C15H17N3O2. The van der Waals surface area contributed by atoms with Crippen LogP contribution in [0.3, 0.4) is 0 Å². The van der Waals surface area contributed by atoms with E-state index in [0.29, 0.717) is 24.4 Å². The fourth-order valence-corrected chi connectivity index (χ4v) is 1.75. The summed E-state index contributed by atoms with van der Waals surface area (Å²) in [5, 5.41) is 2.78. The third kappa shape index (κ3) is 3.73. The number of anilines is 1. The normalized spacial score (nSPS) is 9.85. The highest BCUT2D eigenvalue weighted by atomic mass is 16.5. The molecule has 0 spiro atoms. The molecule has 2 aromatic carbocycles. The summed E-state index contributed by atoms with van der Waals surface area (Å²) in [6, 6.07) is 16.5. The van der Waals surface area contributed by atoms with Gasteiger partial charge < -0.3 is 15.5 Å². The first kappa shape index (κ1) is 13.9. The third-order valence-corrected chi connectivity index (χ3v) is 2.73. The lowest BCUT2D eigenvalue weighted by Gasteiger charge is -2.10. The summed E-state index contributed by atoms with van der Waals surface area (Å²) in [5.74, 6) is 5.96. The van der Waals surface area contributed by atoms with Gasteiger partial charge in [-0.15, -0.1) is 0 Å². The number of carbonyl (C=O) groups is 1. The Bertz CT molecular complexity index is 558. The van der Waals surface area contributed by atoms with Crippen LogP contribution >= 0.6 is 0 Å². The van der Waals surface area contributed by atoms with Gasteiger partial charge in [-0.3, -0.25) is 10.6 Å². The van der Waals surface area contributed by atoms with Gasteiger partial charge in [-0.2, -0.15) is 0 Å². The first-order valence-corrected chi connectivity index (χ1v) is 6.33. The number of amides is 1. The van der Waals surface area contributed by atoms with E-state index in [1.807, 2.05) is 36.4 Å². The molecule has 2 rings (SSSR count). The zero-order valence-corrected chi connectivity index (χ0v) is 11.0. The molecule has 0 saturated heterocycles. The molecule has 20 heavy (non-hydrogen) atoms. The Balaban J connectivity index is 1.81. The number of ether oxygens (including phenoxy) is 1. The Morgan fingerprint density at radius 1 is 1.05 bits per heavy atom. The van der Waals surface area contributed by atoms with E-state index < -0.39 is 0 Å². The maximum atomic E-state index is 12.0. The van der Waals surface area contributed by atoms with Crippen LogP contribution in [0.2, 0.25) is 0 Å². The molecule has 0 heterocycles. The van der Waals surface area contributed by atoms with Crippen LogP contribution in [0, 0.1) is 0 Å². The smallest absolute Gasteiger partial charge is 0.253 e. The number of carbonyl (C=O) groups excluding carboxylic acids is 1. The van der Waals surface area contributed by atoms with E-state index >= 15 is 0 Å². The molecule has 5 heteroatoms. The second-order valence-corrected chi connectivity index (χ2v) is 4.11. The predicted molar refractivity (Wildman–Crippen MR) is 78.5 cm³/mol. The van der Waals surface area contributed by atoms with Crippen molar-refractivity contribution >= 4 is 11.6 Å². The summed E-state index contributed by atoms with van der Waals surface area (Å²) in [6.45, 7) is 0.834. The number of hydrogen-bond acceptors (Lipinski definition) is 4. The molecule has 0 bridgehead atoms. The summed E-state index contributed by atoms with van der Waals surface area (Å²) in [4.78, 5) is 12.0. The van der Waals surface area contributed by atoms with Gasteiger partial charge in [0.25, 0.3) is 5.91 Å². The van der Waals surface area contributed by atoms with Crippen LogP contribution in [0.15, 0.2) is 54.6 Å². The van der Waals surface area contributed by atoms with Crippen molar-refractivity contribution < 1.29 is 9.53 Å². The summed E-state index contributed by atoms with van der Waals surface area (Å²) < 4.78 is 5.49. The zero-order valence-electron chi connectivity index (χ0n) is 11.0. The molecule has 0 fully saturated rings. The molecule has 0 unspecified atom stereocenters. The van der Waals surface area contributed by atoms with Gasteiger partial charge in [-0.25, -0.2) is 0 Å². The molecule has 2 aromatic rings. The quantitative estimate of drug-likeness (QED) is 0.425. The predicted octanol–water partition coefficient (Wildman–Crippen LogP) is 1.78. The molecule has 0 atom stereocenters. The number of rotatable bonds is 6. The molecule has 1 amide bonds. The number of para-hydroxylation sites is 2. The van der Waals surface area contributed by atoms with E-state index in [2.05, 4.69) is 10.7 Å². The Morgan fingerprint density at radius 3 is 2.50 bits per heavy atom. The molecule has 0 saturated carbocycles. The van der Waals surface area contributed by atoms with E-state index in [1.165, 1.54) is 0 Å². The van der Waals surface area contributed by atoms with E-state index in [0.717, 1.165) is 5.75 Å². The van der Waals surface area contributed by atoms with Crippen molar-refractivity contribution in [3.8, 4) is 5.75 Å². The lowest BCUT2D eigenvalue weighted by molar-refractivity contribution is 0.0948. The molecule has 0 aromatic heterocycles. The van der Waals surface area contributed by atoms with Crippen LogP contribution in [-0.4, -0.2) is 19.1 Å². The molecule has 0 aliphatic carbocycles. The number of nitrogens with one attached hydrogen (secondary N) is 2. The summed E-state index contributed by atoms with van der Waals surface area (Å²) in [5.41, 5.74) is 3.60. The fraction of sp³-hybridized carbons (Fsp3) is 0.133. The van der Waals surface area contributed by atoms with Gasteiger partial charge in [0.1, 0.15) is 12.4 Å². The van der Waals surface area contributed by atoms with Crippen molar-refractivity contribution in [1.29, 1.82) is 0 Å². The number of hydrogen-bond donors (Lipinski definition) is 3. The largest absolute Gasteiger partial charge is 0.492 e. The number of benzene rings is 2. The van der Waals surface area contributed by atoms with Crippen LogP contribution in [-0.2, 0) is 0 Å². The van der Waals surface area contributed by atoms with Crippen LogP contribution < -0.4 is 21.3 Å². The Hall–Kier alpha value is -2.53.